The third-order valence-electron chi connectivity index (χ3n) is 3.40. The van der Waals surface area contributed by atoms with E-state index in [9.17, 15) is 13.2 Å². The Kier molecular flexibility index (Phi) is 4.36. The van der Waals surface area contributed by atoms with E-state index < -0.39 is 10.0 Å². The molecule has 3 heterocycles. The molecule has 0 fully saturated rings. The van der Waals surface area contributed by atoms with Crippen LogP contribution in [0.2, 0.25) is 0 Å². The molecule has 2 N–H and O–H groups in total. The Bertz CT molecular complexity index is 1080. The van der Waals surface area contributed by atoms with Crippen LogP contribution in [0.25, 0.3) is 10.8 Å². The molecule has 0 saturated heterocycles. The fourth-order valence-corrected chi connectivity index (χ4v) is 2.86. The van der Waals surface area contributed by atoms with Crippen LogP contribution in [0.4, 0.5) is 17.5 Å². The van der Waals surface area contributed by atoms with Gasteiger partial charge in [-0.15, -0.1) is 0 Å². The maximum absolute atomic E-state index is 12.6. The van der Waals surface area contributed by atoms with Crippen molar-refractivity contribution in [2.75, 3.05) is 16.3 Å². The Balaban J connectivity index is 2.20. The fraction of sp³-hybridized carbons (Fsp3) is 0.200. The molecule has 130 valence electrons. The zero-order chi connectivity index (χ0) is 18.0. The highest BCUT2D eigenvalue weighted by molar-refractivity contribution is 7.92. The van der Waals surface area contributed by atoms with Crippen molar-refractivity contribution in [2.45, 2.75) is 13.5 Å². The van der Waals surface area contributed by atoms with E-state index in [4.69, 9.17) is 0 Å². The molecule has 0 bridgehead atoms. The van der Waals surface area contributed by atoms with E-state index in [1.54, 1.807) is 18.3 Å². The first-order valence-electron chi connectivity index (χ1n) is 7.42. The van der Waals surface area contributed by atoms with Crippen molar-refractivity contribution < 1.29 is 8.42 Å². The molecule has 0 radical (unpaired) electrons. The lowest BCUT2D eigenvalue weighted by Crippen LogP contribution is -2.21. The molecule has 25 heavy (non-hydrogen) atoms. The number of nitrogens with one attached hydrogen (secondary N) is 2. The van der Waals surface area contributed by atoms with Crippen molar-refractivity contribution >= 4 is 38.2 Å². The monoisotopic (exact) mass is 360 g/mol. The van der Waals surface area contributed by atoms with Crippen LogP contribution in [0.3, 0.4) is 0 Å². The molecule has 0 saturated carbocycles. The molecule has 0 aliphatic carbocycles. The largest absolute Gasteiger partial charge is 0.324 e. The van der Waals surface area contributed by atoms with Gasteiger partial charge in [-0.1, -0.05) is 0 Å². The van der Waals surface area contributed by atoms with E-state index in [1.807, 2.05) is 6.92 Å². The van der Waals surface area contributed by atoms with E-state index in [0.717, 1.165) is 6.26 Å². The van der Waals surface area contributed by atoms with Gasteiger partial charge in [-0.05, 0) is 24.4 Å². The SMILES string of the molecule is CCn1ccc2cc(Nc3cnccn3)nc(NS(C)(=O)=O)c2c1=O. The minimum atomic E-state index is -3.61. The molecule has 10 heteroatoms. The average Bonchev–Trinajstić information content (AvgIpc) is 2.54. The van der Waals surface area contributed by atoms with Gasteiger partial charge in [-0.25, -0.2) is 18.4 Å². The Morgan fingerprint density at radius 2 is 2.04 bits per heavy atom. The van der Waals surface area contributed by atoms with Crippen molar-refractivity contribution in [3.63, 3.8) is 0 Å². The number of nitrogens with zero attached hydrogens (tertiary/aromatic N) is 4. The van der Waals surface area contributed by atoms with Crippen LogP contribution >= 0.6 is 0 Å². The summed E-state index contributed by atoms with van der Waals surface area (Å²) < 4.78 is 27.1. The summed E-state index contributed by atoms with van der Waals surface area (Å²) in [6.07, 6.45) is 7.21. The van der Waals surface area contributed by atoms with Crippen molar-refractivity contribution in [1.82, 2.24) is 19.5 Å². The number of aromatic nitrogens is 4. The highest BCUT2D eigenvalue weighted by Crippen LogP contribution is 2.24. The molecule has 0 atom stereocenters. The first-order valence-corrected chi connectivity index (χ1v) is 9.31. The van der Waals surface area contributed by atoms with Crippen LogP contribution in [-0.2, 0) is 16.6 Å². The normalized spacial score (nSPS) is 11.4. The smallest absolute Gasteiger partial charge is 0.262 e. The lowest BCUT2D eigenvalue weighted by Gasteiger charge is -2.12. The van der Waals surface area contributed by atoms with Gasteiger partial charge < -0.3 is 9.88 Å². The molecule has 0 aliphatic rings. The lowest BCUT2D eigenvalue weighted by atomic mass is 10.2. The van der Waals surface area contributed by atoms with Crippen molar-refractivity contribution in [1.29, 1.82) is 0 Å². The van der Waals surface area contributed by atoms with Crippen LogP contribution < -0.4 is 15.6 Å². The third-order valence-corrected chi connectivity index (χ3v) is 3.96. The number of hydrogen-bond acceptors (Lipinski definition) is 7. The topological polar surface area (TPSA) is 119 Å². The predicted molar refractivity (Wildman–Crippen MR) is 95.5 cm³/mol. The van der Waals surface area contributed by atoms with Crippen LogP contribution in [0.15, 0.2) is 41.7 Å². The van der Waals surface area contributed by atoms with E-state index in [0.29, 0.717) is 23.6 Å². The summed E-state index contributed by atoms with van der Waals surface area (Å²) in [6.45, 7) is 2.29. The summed E-state index contributed by atoms with van der Waals surface area (Å²) >= 11 is 0. The molecule has 0 aromatic carbocycles. The van der Waals surface area contributed by atoms with Gasteiger partial charge in [-0.3, -0.25) is 14.5 Å². The van der Waals surface area contributed by atoms with Gasteiger partial charge in [0.1, 0.15) is 11.6 Å². The van der Waals surface area contributed by atoms with Gasteiger partial charge in [0.25, 0.3) is 5.56 Å². The molecule has 0 spiro atoms. The van der Waals surface area contributed by atoms with Crippen LogP contribution in [0.5, 0.6) is 0 Å². The van der Waals surface area contributed by atoms with Gasteiger partial charge in [0.2, 0.25) is 10.0 Å². The zero-order valence-corrected chi connectivity index (χ0v) is 14.4. The van der Waals surface area contributed by atoms with Crippen LogP contribution in [0, 0.1) is 0 Å². The van der Waals surface area contributed by atoms with E-state index in [-0.39, 0.29) is 16.8 Å². The summed E-state index contributed by atoms with van der Waals surface area (Å²) in [5, 5.41) is 3.71. The fourth-order valence-electron chi connectivity index (χ4n) is 2.36. The Morgan fingerprint density at radius 3 is 2.68 bits per heavy atom. The highest BCUT2D eigenvalue weighted by atomic mass is 32.2. The molecule has 0 amide bonds. The zero-order valence-electron chi connectivity index (χ0n) is 13.6. The summed E-state index contributed by atoms with van der Waals surface area (Å²) in [5.74, 6) is 0.758. The number of sulfonamides is 1. The quantitative estimate of drug-likeness (QED) is 0.704. The summed E-state index contributed by atoms with van der Waals surface area (Å²) in [4.78, 5) is 24.8. The van der Waals surface area contributed by atoms with Crippen LogP contribution in [0.1, 0.15) is 6.92 Å². The highest BCUT2D eigenvalue weighted by Gasteiger charge is 2.15. The number of anilines is 3. The Morgan fingerprint density at radius 1 is 1.24 bits per heavy atom. The average molecular weight is 360 g/mol. The number of hydrogen-bond donors (Lipinski definition) is 2. The lowest BCUT2D eigenvalue weighted by molar-refractivity contribution is 0.606. The molecule has 3 aromatic heterocycles. The minimum absolute atomic E-state index is 0.0285. The standard InChI is InChI=1S/C15H16N6O3S/c1-3-21-7-4-10-8-11(18-12-9-16-5-6-17-12)19-14(13(10)15(21)22)20-25(2,23)24/h4-9H,3H2,1-2H3,(H2,17,18,19,20). The maximum atomic E-state index is 12.6. The van der Waals surface area contributed by atoms with Crippen molar-refractivity contribution in [2.24, 2.45) is 0 Å². The molecule has 3 aromatic rings. The Labute approximate surface area is 143 Å². The number of aryl methyl sites for hydroxylation is 1. The van der Waals surface area contributed by atoms with Crippen molar-refractivity contribution in [3.05, 3.63) is 47.3 Å². The number of fused-ring (bicyclic) bond motifs is 1. The predicted octanol–water partition coefficient (Wildman–Crippen LogP) is 1.32. The molecule has 9 nitrogen and oxygen atoms in total. The van der Waals surface area contributed by atoms with Gasteiger partial charge >= 0.3 is 0 Å². The van der Waals surface area contributed by atoms with E-state index >= 15 is 0 Å². The Hall–Kier alpha value is -3.01. The summed E-state index contributed by atoms with van der Waals surface area (Å²) in [6, 6.07) is 3.39. The second kappa shape index (κ2) is 6.48. The summed E-state index contributed by atoms with van der Waals surface area (Å²) in [5.41, 5.74) is -0.315. The third kappa shape index (κ3) is 3.74. The first kappa shape index (κ1) is 16.8. The van der Waals surface area contributed by atoms with Gasteiger partial charge in [0.05, 0.1) is 17.8 Å². The minimum Gasteiger partial charge on any atom is -0.324 e. The van der Waals surface area contributed by atoms with Crippen LogP contribution in [-0.4, -0.2) is 34.2 Å². The molecule has 3 rings (SSSR count). The van der Waals surface area contributed by atoms with E-state index in [2.05, 4.69) is 25.0 Å². The second-order valence-electron chi connectivity index (χ2n) is 5.32. The molecular weight excluding hydrogens is 344 g/mol. The summed E-state index contributed by atoms with van der Waals surface area (Å²) in [7, 11) is -3.61. The second-order valence-corrected chi connectivity index (χ2v) is 7.07. The molecular formula is C15H16N6O3S. The van der Waals surface area contributed by atoms with E-state index in [1.165, 1.54) is 23.2 Å². The van der Waals surface area contributed by atoms with Gasteiger partial charge in [0, 0.05) is 25.1 Å². The van der Waals surface area contributed by atoms with Crippen molar-refractivity contribution in [3.8, 4) is 0 Å². The maximum Gasteiger partial charge on any atom is 0.262 e. The number of rotatable bonds is 5. The molecule has 0 aliphatic heterocycles. The van der Waals surface area contributed by atoms with Gasteiger partial charge in [0.15, 0.2) is 5.82 Å². The molecule has 0 unspecified atom stereocenters. The van der Waals surface area contributed by atoms with Gasteiger partial charge in [-0.2, -0.15) is 0 Å². The number of pyridine rings is 2. The first-order chi connectivity index (χ1) is 11.9.